The Kier molecular flexibility index (Phi) is 10.3. The van der Waals surface area contributed by atoms with E-state index >= 15 is 0 Å². The minimum absolute atomic E-state index is 0.0278. The van der Waals surface area contributed by atoms with Gasteiger partial charge < -0.3 is 20.4 Å². The van der Waals surface area contributed by atoms with Crippen molar-refractivity contribution in [3.05, 3.63) is 68.5 Å². The number of nitrogens with zero attached hydrogens (tertiary/aromatic N) is 5. The molecule has 1 aromatic heterocycles. The Labute approximate surface area is 285 Å². The van der Waals surface area contributed by atoms with Crippen LogP contribution < -0.4 is 11.4 Å². The highest BCUT2D eigenvalue weighted by molar-refractivity contribution is 9.10. The molecule has 3 saturated heterocycles. The second kappa shape index (κ2) is 14.5. The fourth-order valence-corrected chi connectivity index (χ4v) is 7.89. The largest absolute Gasteiger partial charge is 0.418 e. The second-order valence-corrected chi connectivity index (χ2v) is 14.0. The van der Waals surface area contributed by atoms with E-state index in [1.807, 2.05) is 30.3 Å². The Morgan fingerprint density at radius 1 is 0.938 bits per heavy atom. The summed E-state index contributed by atoms with van der Waals surface area (Å²) in [7, 11) is 0. The minimum Gasteiger partial charge on any atom is -0.397 e. The third-order valence-corrected chi connectivity index (χ3v) is 10.7. The van der Waals surface area contributed by atoms with Gasteiger partial charge in [-0.2, -0.15) is 13.2 Å². The van der Waals surface area contributed by atoms with Crippen molar-refractivity contribution in [3.8, 4) is 11.4 Å². The highest BCUT2D eigenvalue weighted by Crippen LogP contribution is 2.39. The Morgan fingerprint density at radius 3 is 2.21 bits per heavy atom. The normalized spacial score (nSPS) is 19.2. The first-order chi connectivity index (χ1) is 23.0. The molecule has 3 N–H and O–H groups in total. The number of amides is 2. The van der Waals surface area contributed by atoms with Gasteiger partial charge in [0.25, 0.3) is 0 Å². The van der Waals surface area contributed by atoms with Crippen molar-refractivity contribution in [1.29, 1.82) is 0 Å². The van der Waals surface area contributed by atoms with Crippen molar-refractivity contribution < 1.29 is 22.8 Å². The number of anilines is 1. The molecule has 2 aromatic carbocycles. The first kappa shape index (κ1) is 34.2. The highest BCUT2D eigenvalue weighted by Gasteiger charge is 2.37. The van der Waals surface area contributed by atoms with Gasteiger partial charge in [0.2, 0.25) is 11.8 Å². The van der Waals surface area contributed by atoms with Gasteiger partial charge in [0.05, 0.1) is 23.2 Å². The number of benzene rings is 2. The number of alkyl halides is 3. The van der Waals surface area contributed by atoms with Crippen LogP contribution in [0.15, 0.2) is 51.7 Å². The van der Waals surface area contributed by atoms with Crippen LogP contribution in [0.25, 0.3) is 11.4 Å². The number of H-pyrrole nitrogens is 1. The average molecular weight is 733 g/mol. The highest BCUT2D eigenvalue weighted by atomic mass is 79.9. The molecule has 0 saturated carbocycles. The van der Waals surface area contributed by atoms with Crippen molar-refractivity contribution in [1.82, 2.24) is 29.5 Å². The first-order valence-corrected chi connectivity index (χ1v) is 17.5. The molecule has 14 heteroatoms. The van der Waals surface area contributed by atoms with Crippen molar-refractivity contribution >= 4 is 33.4 Å². The number of likely N-dealkylation sites (tertiary alicyclic amines) is 3. The van der Waals surface area contributed by atoms with E-state index in [-0.39, 0.29) is 46.4 Å². The van der Waals surface area contributed by atoms with Gasteiger partial charge in [0.15, 0.2) is 5.82 Å². The van der Waals surface area contributed by atoms with E-state index in [9.17, 15) is 27.6 Å². The van der Waals surface area contributed by atoms with Gasteiger partial charge in [-0.25, -0.2) is 9.48 Å². The van der Waals surface area contributed by atoms with Crippen LogP contribution in [0.5, 0.6) is 0 Å². The average Bonchev–Trinajstić information content (AvgIpc) is 3.76. The summed E-state index contributed by atoms with van der Waals surface area (Å²) >= 11 is 3.16. The van der Waals surface area contributed by atoms with E-state index in [2.05, 4.69) is 30.9 Å². The Hall–Kier alpha value is -3.65. The topological polar surface area (TPSA) is 121 Å². The number of rotatable bonds is 8. The van der Waals surface area contributed by atoms with Gasteiger partial charge in [0.1, 0.15) is 0 Å². The molecule has 0 bridgehead atoms. The van der Waals surface area contributed by atoms with Crippen LogP contribution >= 0.6 is 15.9 Å². The van der Waals surface area contributed by atoms with Crippen LogP contribution in [0.1, 0.15) is 62.1 Å². The van der Waals surface area contributed by atoms with Gasteiger partial charge in [-0.15, -0.1) is 5.10 Å². The lowest BCUT2D eigenvalue weighted by Crippen LogP contribution is -2.48. The number of carbonyl (C=O) groups is 2. The summed E-state index contributed by atoms with van der Waals surface area (Å²) in [6.45, 7) is 4.00. The number of nitrogen functional groups attached to an aromatic ring is 1. The number of hydrogen-bond acceptors (Lipinski definition) is 6. The third kappa shape index (κ3) is 7.64. The van der Waals surface area contributed by atoms with E-state index in [0.717, 1.165) is 37.6 Å². The predicted octanol–water partition coefficient (Wildman–Crippen LogP) is 5.10. The lowest BCUT2D eigenvalue weighted by atomic mass is 9.91. The summed E-state index contributed by atoms with van der Waals surface area (Å²) < 4.78 is 43.0. The minimum atomic E-state index is -4.67. The SMILES string of the molecule is Nc1c(Br)cc(C[C@@H](CC(=O)N2CCC(n3nc(-c4ccccc4)[nH]c3=O)CC2)C(=O)N2CCC(N3CCCC3)CC2)cc1C(F)(F)F. The summed E-state index contributed by atoms with van der Waals surface area (Å²) in [6, 6.07) is 12.1. The molecule has 0 radical (unpaired) electrons. The molecule has 1 atom stereocenters. The number of nitrogens with one attached hydrogen (secondary N) is 1. The van der Waals surface area contributed by atoms with Crippen LogP contribution in [-0.4, -0.2) is 86.6 Å². The lowest BCUT2D eigenvalue weighted by molar-refractivity contribution is -0.143. The van der Waals surface area contributed by atoms with Crippen LogP contribution in [0.4, 0.5) is 18.9 Å². The fraction of sp³-hybridized carbons (Fsp3) is 0.529. The van der Waals surface area contributed by atoms with Crippen molar-refractivity contribution in [3.63, 3.8) is 0 Å². The number of hydrogen-bond donors (Lipinski definition) is 2. The van der Waals surface area contributed by atoms with Gasteiger partial charge in [-0.3, -0.25) is 14.6 Å². The summed E-state index contributed by atoms with van der Waals surface area (Å²) in [5, 5.41) is 4.51. The number of piperidine rings is 2. The first-order valence-electron chi connectivity index (χ1n) is 16.7. The summed E-state index contributed by atoms with van der Waals surface area (Å²) in [4.78, 5) is 49.2. The smallest absolute Gasteiger partial charge is 0.397 e. The fourth-order valence-electron chi connectivity index (χ4n) is 7.38. The summed E-state index contributed by atoms with van der Waals surface area (Å²) in [6.07, 6.45) is 0.238. The number of halogens is 4. The molecule has 0 aliphatic carbocycles. The summed E-state index contributed by atoms with van der Waals surface area (Å²) in [5.74, 6) is -0.801. The zero-order valence-corrected chi connectivity index (χ0v) is 28.3. The molecular formula is C34H41BrF3N7O3. The molecule has 0 spiro atoms. The quantitative estimate of drug-likeness (QED) is 0.311. The Morgan fingerprint density at radius 2 is 1.56 bits per heavy atom. The molecule has 10 nitrogen and oxygen atoms in total. The molecule has 3 aliphatic heterocycles. The maximum atomic E-state index is 14.0. The molecule has 258 valence electrons. The molecule has 3 aliphatic rings. The molecule has 4 heterocycles. The molecule has 2 amide bonds. The van der Waals surface area contributed by atoms with Crippen LogP contribution in [0, 0.1) is 5.92 Å². The number of aromatic nitrogens is 3. The number of carbonyl (C=O) groups excluding carboxylic acids is 2. The zero-order chi connectivity index (χ0) is 34.0. The summed E-state index contributed by atoms with van der Waals surface area (Å²) in [5.41, 5.74) is 5.13. The zero-order valence-electron chi connectivity index (χ0n) is 26.7. The molecular weight excluding hydrogens is 691 g/mol. The van der Waals surface area contributed by atoms with Gasteiger partial charge in [-0.05, 0) is 91.7 Å². The molecule has 3 aromatic rings. The van der Waals surface area contributed by atoms with E-state index in [4.69, 9.17) is 5.73 Å². The van der Waals surface area contributed by atoms with Gasteiger partial charge in [0, 0.05) is 48.7 Å². The maximum absolute atomic E-state index is 14.0. The maximum Gasteiger partial charge on any atom is 0.418 e. The van der Waals surface area contributed by atoms with E-state index in [1.54, 1.807) is 9.80 Å². The molecule has 48 heavy (non-hydrogen) atoms. The second-order valence-electron chi connectivity index (χ2n) is 13.1. The van der Waals surface area contributed by atoms with Crippen LogP contribution in [-0.2, 0) is 22.2 Å². The lowest BCUT2D eigenvalue weighted by Gasteiger charge is -2.38. The van der Waals surface area contributed by atoms with Crippen molar-refractivity contribution in [2.45, 2.75) is 69.6 Å². The van der Waals surface area contributed by atoms with Gasteiger partial charge >= 0.3 is 11.9 Å². The standard InChI is InChI=1S/C34H41BrF3N7O3/c35-28-20-22(19-27(30(28)39)34(36,37)38)18-24(32(47)44-16-8-25(9-17-44)42-12-4-5-13-42)21-29(46)43-14-10-26(11-15-43)45-33(48)40-31(41-45)23-6-2-1-3-7-23/h1-3,6-7,19-20,24-26H,4-5,8-18,21,39H2,(H,40,41,48)/t24-/m0/s1. The third-order valence-electron chi connectivity index (χ3n) is 10.0. The monoisotopic (exact) mass is 731 g/mol. The molecule has 6 rings (SSSR count). The van der Waals surface area contributed by atoms with Gasteiger partial charge in [-0.1, -0.05) is 30.3 Å². The van der Waals surface area contributed by atoms with E-state index in [0.29, 0.717) is 50.9 Å². The Bertz CT molecular complexity index is 1660. The molecule has 3 fully saturated rings. The van der Waals surface area contributed by atoms with Crippen LogP contribution in [0.3, 0.4) is 0 Å². The van der Waals surface area contributed by atoms with Crippen molar-refractivity contribution in [2.24, 2.45) is 5.92 Å². The van der Waals surface area contributed by atoms with Crippen LogP contribution in [0.2, 0.25) is 0 Å². The van der Waals surface area contributed by atoms with E-state index < -0.39 is 23.3 Å². The predicted molar refractivity (Wildman–Crippen MR) is 179 cm³/mol. The van der Waals surface area contributed by atoms with E-state index in [1.165, 1.54) is 23.6 Å². The molecule has 0 unspecified atom stereocenters. The Balaban J connectivity index is 1.15. The number of nitrogens with two attached hydrogens (primary N) is 1. The number of aromatic amines is 1. The van der Waals surface area contributed by atoms with Crippen molar-refractivity contribution in [2.75, 3.05) is 45.0 Å².